The Labute approximate surface area is 184 Å². The molecule has 1 unspecified atom stereocenters. The van der Waals surface area contributed by atoms with E-state index in [-0.39, 0.29) is 24.9 Å². The molecule has 1 aliphatic carbocycles. The van der Waals surface area contributed by atoms with E-state index in [1.807, 2.05) is 24.3 Å². The predicted octanol–water partition coefficient (Wildman–Crippen LogP) is 3.43. The number of nitrogens with zero attached hydrogens (tertiary/aromatic N) is 2. The van der Waals surface area contributed by atoms with Crippen LogP contribution in [0.5, 0.6) is 0 Å². The van der Waals surface area contributed by atoms with Crippen molar-refractivity contribution in [2.45, 2.75) is 31.3 Å². The van der Waals surface area contributed by atoms with E-state index in [0.29, 0.717) is 29.3 Å². The second kappa shape index (κ2) is 7.93. The number of amides is 4. The van der Waals surface area contributed by atoms with Gasteiger partial charge in [-0.3, -0.25) is 14.5 Å². The molecule has 1 saturated heterocycles. The van der Waals surface area contributed by atoms with Gasteiger partial charge >= 0.3 is 6.03 Å². The molecule has 0 aromatic heterocycles. The summed E-state index contributed by atoms with van der Waals surface area (Å²) < 4.78 is 0. The van der Waals surface area contributed by atoms with Gasteiger partial charge in [-0.15, -0.1) is 0 Å². The van der Waals surface area contributed by atoms with Gasteiger partial charge in [0.1, 0.15) is 12.1 Å². The molecule has 0 radical (unpaired) electrons. The van der Waals surface area contributed by atoms with Crippen LogP contribution in [0.4, 0.5) is 4.79 Å². The fraction of sp³-hybridized carbons (Fsp3) is 0.318. The van der Waals surface area contributed by atoms with E-state index in [2.05, 4.69) is 5.32 Å². The van der Waals surface area contributed by atoms with Crippen LogP contribution >= 0.6 is 23.2 Å². The second-order valence-corrected chi connectivity index (χ2v) is 8.66. The third-order valence-electron chi connectivity index (χ3n) is 5.80. The van der Waals surface area contributed by atoms with Crippen LogP contribution in [-0.4, -0.2) is 46.8 Å². The van der Waals surface area contributed by atoms with Crippen molar-refractivity contribution in [3.8, 4) is 0 Å². The maximum Gasteiger partial charge on any atom is 0.325 e. The van der Waals surface area contributed by atoms with Crippen LogP contribution < -0.4 is 5.32 Å². The molecule has 156 valence electrons. The minimum Gasteiger partial charge on any atom is -0.340 e. The predicted molar refractivity (Wildman–Crippen MR) is 114 cm³/mol. The summed E-state index contributed by atoms with van der Waals surface area (Å²) in [7, 11) is 1.62. The number of halogens is 2. The fourth-order valence-electron chi connectivity index (χ4n) is 4.10. The number of likely N-dealkylation sites (N-methyl/N-ethyl adjacent to an activating group) is 1. The Morgan fingerprint density at radius 3 is 2.60 bits per heavy atom. The maximum atomic E-state index is 13.1. The highest BCUT2D eigenvalue weighted by molar-refractivity contribution is 6.42. The summed E-state index contributed by atoms with van der Waals surface area (Å²) in [4.78, 5) is 40.9. The Balaban J connectivity index is 1.44. The molecule has 2 aliphatic rings. The molecule has 2 aromatic carbocycles. The van der Waals surface area contributed by atoms with E-state index in [0.717, 1.165) is 16.0 Å². The summed E-state index contributed by atoms with van der Waals surface area (Å²) in [5.41, 5.74) is 2.09. The van der Waals surface area contributed by atoms with Crippen molar-refractivity contribution >= 4 is 41.0 Å². The molecule has 1 spiro atoms. The second-order valence-electron chi connectivity index (χ2n) is 7.85. The highest BCUT2D eigenvalue weighted by Gasteiger charge is 2.52. The van der Waals surface area contributed by atoms with Crippen LogP contribution in [0.2, 0.25) is 10.0 Å². The van der Waals surface area contributed by atoms with Gasteiger partial charge in [-0.2, -0.15) is 0 Å². The lowest BCUT2D eigenvalue weighted by Crippen LogP contribution is -2.51. The number of urea groups is 1. The summed E-state index contributed by atoms with van der Waals surface area (Å²) in [6, 6.07) is 12.5. The Kier molecular flexibility index (Phi) is 5.47. The maximum absolute atomic E-state index is 13.1. The molecule has 0 bridgehead atoms. The number of carbonyl (C=O) groups is 3. The third kappa shape index (κ3) is 3.77. The summed E-state index contributed by atoms with van der Waals surface area (Å²) in [6.45, 7) is -0.0101. The number of benzene rings is 2. The van der Waals surface area contributed by atoms with Gasteiger partial charge in [-0.1, -0.05) is 53.5 Å². The monoisotopic (exact) mass is 445 g/mol. The molecular formula is C22H21Cl2N3O3. The highest BCUT2D eigenvalue weighted by Crippen LogP contribution is 2.33. The van der Waals surface area contributed by atoms with Gasteiger partial charge in [0.25, 0.3) is 5.91 Å². The zero-order chi connectivity index (χ0) is 21.5. The Morgan fingerprint density at radius 2 is 1.87 bits per heavy atom. The lowest BCUT2D eigenvalue weighted by molar-refractivity contribution is -0.138. The van der Waals surface area contributed by atoms with Crippen molar-refractivity contribution in [2.24, 2.45) is 0 Å². The first kappa shape index (κ1) is 20.7. The normalized spacial score (nSPS) is 20.3. The average molecular weight is 446 g/mol. The third-order valence-corrected chi connectivity index (χ3v) is 6.54. The number of hydrogen-bond acceptors (Lipinski definition) is 3. The molecular weight excluding hydrogens is 425 g/mol. The van der Waals surface area contributed by atoms with Crippen LogP contribution in [0.25, 0.3) is 0 Å². The fourth-order valence-corrected chi connectivity index (χ4v) is 4.42. The minimum atomic E-state index is -0.964. The van der Waals surface area contributed by atoms with E-state index < -0.39 is 11.6 Å². The molecule has 30 heavy (non-hydrogen) atoms. The van der Waals surface area contributed by atoms with Crippen LogP contribution in [0, 0.1) is 0 Å². The molecule has 4 rings (SSSR count). The number of fused-ring (bicyclic) bond motifs is 1. The quantitative estimate of drug-likeness (QED) is 0.732. The standard InChI is InChI=1S/C22H21Cl2N3O3/c1-26(12-14-6-7-17(23)18(24)10-14)19(28)13-27-20(29)22(25-21(27)30)9-8-15-4-2-3-5-16(15)11-22/h2-7,10H,8-9,11-13H2,1H3,(H,25,30). The number of rotatable bonds is 4. The topological polar surface area (TPSA) is 69.7 Å². The highest BCUT2D eigenvalue weighted by atomic mass is 35.5. The first-order valence-corrected chi connectivity index (χ1v) is 10.4. The number of carbonyl (C=O) groups excluding carboxylic acids is 3. The lowest BCUT2D eigenvalue weighted by atomic mass is 9.78. The minimum absolute atomic E-state index is 0.290. The number of hydrogen-bond donors (Lipinski definition) is 1. The molecule has 0 saturated carbocycles. The van der Waals surface area contributed by atoms with Gasteiger partial charge in [0.15, 0.2) is 0 Å². The summed E-state index contributed by atoms with van der Waals surface area (Å²) in [6.07, 6.45) is 1.68. The molecule has 2 aromatic rings. The summed E-state index contributed by atoms with van der Waals surface area (Å²) in [5, 5.41) is 3.70. The van der Waals surface area contributed by atoms with Gasteiger partial charge < -0.3 is 10.2 Å². The molecule has 6 nitrogen and oxygen atoms in total. The SMILES string of the molecule is CN(Cc1ccc(Cl)c(Cl)c1)C(=O)CN1C(=O)NC2(CCc3ccccc3C2)C1=O. The van der Waals surface area contributed by atoms with Crippen molar-refractivity contribution in [3.63, 3.8) is 0 Å². The van der Waals surface area contributed by atoms with Crippen molar-refractivity contribution in [2.75, 3.05) is 13.6 Å². The summed E-state index contributed by atoms with van der Waals surface area (Å²) in [5.74, 6) is -0.670. The lowest BCUT2D eigenvalue weighted by Gasteiger charge is -2.32. The molecule has 1 aliphatic heterocycles. The van der Waals surface area contributed by atoms with Crippen LogP contribution in [0.1, 0.15) is 23.1 Å². The van der Waals surface area contributed by atoms with E-state index in [4.69, 9.17) is 23.2 Å². The van der Waals surface area contributed by atoms with Crippen molar-refractivity contribution < 1.29 is 14.4 Å². The largest absolute Gasteiger partial charge is 0.340 e. The molecule has 8 heteroatoms. The number of aryl methyl sites for hydroxylation is 1. The van der Waals surface area contributed by atoms with E-state index in [1.54, 1.807) is 25.2 Å². The van der Waals surface area contributed by atoms with Crippen molar-refractivity contribution in [3.05, 3.63) is 69.2 Å². The summed E-state index contributed by atoms with van der Waals surface area (Å²) >= 11 is 12.0. The van der Waals surface area contributed by atoms with E-state index in [1.165, 1.54) is 10.5 Å². The van der Waals surface area contributed by atoms with Gasteiger partial charge in [0, 0.05) is 20.0 Å². The number of nitrogens with one attached hydrogen (secondary N) is 1. The van der Waals surface area contributed by atoms with E-state index in [9.17, 15) is 14.4 Å². The van der Waals surface area contributed by atoms with E-state index >= 15 is 0 Å². The molecule has 4 amide bonds. The van der Waals surface area contributed by atoms with Gasteiger partial charge in [0.05, 0.1) is 10.0 Å². The van der Waals surface area contributed by atoms with Gasteiger partial charge in [-0.25, -0.2) is 4.79 Å². The molecule has 1 fully saturated rings. The Hall–Kier alpha value is -2.57. The molecule has 1 heterocycles. The molecule has 1 atom stereocenters. The van der Waals surface area contributed by atoms with Gasteiger partial charge in [0.2, 0.25) is 5.91 Å². The smallest absolute Gasteiger partial charge is 0.325 e. The van der Waals surface area contributed by atoms with Crippen LogP contribution in [-0.2, 0) is 29.0 Å². The van der Waals surface area contributed by atoms with Gasteiger partial charge in [-0.05, 0) is 41.7 Å². The molecule has 1 N–H and O–H groups in total. The van der Waals surface area contributed by atoms with Crippen molar-refractivity contribution in [1.82, 2.24) is 15.1 Å². The van der Waals surface area contributed by atoms with Crippen molar-refractivity contribution in [1.29, 1.82) is 0 Å². The zero-order valence-corrected chi connectivity index (χ0v) is 18.0. The first-order chi connectivity index (χ1) is 14.3. The van der Waals surface area contributed by atoms with Crippen LogP contribution in [0.15, 0.2) is 42.5 Å². The zero-order valence-electron chi connectivity index (χ0n) is 16.5. The first-order valence-electron chi connectivity index (χ1n) is 9.68. The Bertz CT molecular complexity index is 1040. The Morgan fingerprint density at radius 1 is 1.13 bits per heavy atom. The van der Waals surface area contributed by atoms with Crippen LogP contribution in [0.3, 0.4) is 0 Å². The average Bonchev–Trinajstić information content (AvgIpc) is 2.94. The number of imide groups is 1.